The lowest BCUT2D eigenvalue weighted by Gasteiger charge is -2.21. The van der Waals surface area contributed by atoms with Crippen molar-refractivity contribution < 1.29 is 23.8 Å². The Morgan fingerprint density at radius 1 is 1.21 bits per heavy atom. The topological polar surface area (TPSA) is 109 Å². The molecule has 0 aliphatic carbocycles. The fourth-order valence-electron chi connectivity index (χ4n) is 4.09. The Morgan fingerprint density at radius 3 is 2.70 bits per heavy atom. The molecule has 33 heavy (non-hydrogen) atoms. The van der Waals surface area contributed by atoms with E-state index in [-0.39, 0.29) is 24.0 Å². The number of hydrogen-bond donors (Lipinski definition) is 2. The third-order valence-corrected chi connectivity index (χ3v) is 5.89. The van der Waals surface area contributed by atoms with E-state index in [2.05, 4.69) is 5.32 Å². The highest BCUT2D eigenvalue weighted by Crippen LogP contribution is 2.33. The summed E-state index contributed by atoms with van der Waals surface area (Å²) in [5.74, 6) is -0.112. The maximum atomic E-state index is 12.8. The number of likely N-dealkylation sites (tertiary alicyclic amines) is 1. The maximum absolute atomic E-state index is 12.8. The number of hydrogen-bond acceptors (Lipinski definition) is 6. The molecule has 0 bridgehead atoms. The van der Waals surface area contributed by atoms with Gasteiger partial charge in [0.25, 0.3) is 0 Å². The molecule has 1 aliphatic heterocycles. The molecule has 2 heterocycles. The number of aryl methyl sites for hydroxylation is 1. The second kappa shape index (κ2) is 11.5. The number of carbonyl (C=O) groups excluding carboxylic acids is 2. The molecule has 0 saturated carbocycles. The molecule has 1 fully saturated rings. The predicted molar refractivity (Wildman–Crippen MR) is 124 cm³/mol. The number of nitrogens with zero attached hydrogens (tertiary/aromatic N) is 1. The standard InChI is InChI=1S/C25H32N2O6/c1-17-15-21(28)24(31)25(33-17)20(18-8-10-19(32-2)11-9-18)16-22(29)26-12-6-14-27-13-5-3-4-7-23(27)30/h8-11,15,20,31H,3-7,12-14,16H2,1-2H3,(H,26,29). The molecule has 0 spiro atoms. The van der Waals surface area contributed by atoms with Crippen LogP contribution < -0.4 is 15.5 Å². The number of rotatable bonds is 9. The van der Waals surface area contributed by atoms with Crippen molar-refractivity contribution in [2.45, 2.75) is 51.4 Å². The summed E-state index contributed by atoms with van der Waals surface area (Å²) in [5, 5.41) is 13.3. The van der Waals surface area contributed by atoms with Gasteiger partial charge in [0, 0.05) is 38.5 Å². The smallest absolute Gasteiger partial charge is 0.227 e. The first kappa shape index (κ1) is 24.4. The molecule has 1 unspecified atom stereocenters. The van der Waals surface area contributed by atoms with Crippen molar-refractivity contribution >= 4 is 11.8 Å². The summed E-state index contributed by atoms with van der Waals surface area (Å²) in [6, 6.07) is 8.29. The number of methoxy groups -OCH3 is 1. The van der Waals surface area contributed by atoms with Gasteiger partial charge in [-0.15, -0.1) is 0 Å². The van der Waals surface area contributed by atoms with E-state index in [9.17, 15) is 19.5 Å². The third-order valence-electron chi connectivity index (χ3n) is 5.89. The molecule has 1 aromatic carbocycles. The number of benzene rings is 1. The largest absolute Gasteiger partial charge is 0.502 e. The van der Waals surface area contributed by atoms with Gasteiger partial charge in [-0.1, -0.05) is 18.6 Å². The molecule has 2 amide bonds. The van der Waals surface area contributed by atoms with E-state index in [1.807, 2.05) is 4.90 Å². The maximum Gasteiger partial charge on any atom is 0.227 e. The number of amides is 2. The van der Waals surface area contributed by atoms with Gasteiger partial charge in [0.2, 0.25) is 23.0 Å². The first-order valence-corrected chi connectivity index (χ1v) is 11.4. The molecule has 178 valence electrons. The summed E-state index contributed by atoms with van der Waals surface area (Å²) in [4.78, 5) is 38.9. The average molecular weight is 457 g/mol. The van der Waals surface area contributed by atoms with Crippen LogP contribution >= 0.6 is 0 Å². The minimum Gasteiger partial charge on any atom is -0.502 e. The second-order valence-corrected chi connectivity index (χ2v) is 8.36. The number of carbonyl (C=O) groups is 2. The molecule has 2 N–H and O–H groups in total. The van der Waals surface area contributed by atoms with Gasteiger partial charge >= 0.3 is 0 Å². The van der Waals surface area contributed by atoms with Gasteiger partial charge in [-0.3, -0.25) is 14.4 Å². The van der Waals surface area contributed by atoms with Crippen LogP contribution in [-0.2, 0) is 9.59 Å². The number of ether oxygens (including phenoxy) is 1. The zero-order chi connectivity index (χ0) is 23.8. The molecule has 8 nitrogen and oxygen atoms in total. The molecule has 1 saturated heterocycles. The van der Waals surface area contributed by atoms with Crippen LogP contribution in [0.25, 0.3) is 0 Å². The lowest BCUT2D eigenvalue weighted by molar-refractivity contribution is -0.130. The summed E-state index contributed by atoms with van der Waals surface area (Å²) in [7, 11) is 1.56. The SMILES string of the molecule is COc1ccc(C(CC(=O)NCCCN2CCCCCC2=O)c2oc(C)cc(=O)c2O)cc1. The van der Waals surface area contributed by atoms with Gasteiger partial charge in [-0.05, 0) is 43.9 Å². The minimum absolute atomic E-state index is 0.00503. The summed E-state index contributed by atoms with van der Waals surface area (Å²) in [6.45, 7) is 3.45. The van der Waals surface area contributed by atoms with Crippen LogP contribution in [0.4, 0.5) is 0 Å². The summed E-state index contributed by atoms with van der Waals surface area (Å²) < 4.78 is 10.9. The number of aromatic hydroxyl groups is 1. The van der Waals surface area contributed by atoms with Crippen LogP contribution in [0.15, 0.2) is 39.5 Å². The Bertz CT molecular complexity index is 1010. The lowest BCUT2D eigenvalue weighted by atomic mass is 9.91. The Balaban J connectivity index is 1.67. The summed E-state index contributed by atoms with van der Waals surface area (Å²) >= 11 is 0. The van der Waals surface area contributed by atoms with Gasteiger partial charge in [-0.25, -0.2) is 0 Å². The van der Waals surface area contributed by atoms with E-state index in [1.54, 1.807) is 38.3 Å². The summed E-state index contributed by atoms with van der Waals surface area (Å²) in [5.41, 5.74) is 0.167. The van der Waals surface area contributed by atoms with Crippen molar-refractivity contribution in [2.24, 2.45) is 0 Å². The van der Waals surface area contributed by atoms with E-state index in [0.29, 0.717) is 43.0 Å². The fourth-order valence-corrected chi connectivity index (χ4v) is 4.09. The van der Waals surface area contributed by atoms with Crippen LogP contribution in [0.3, 0.4) is 0 Å². The van der Waals surface area contributed by atoms with E-state index < -0.39 is 17.1 Å². The molecular weight excluding hydrogens is 424 g/mol. The van der Waals surface area contributed by atoms with Crippen LogP contribution in [0.5, 0.6) is 11.5 Å². The highest BCUT2D eigenvalue weighted by molar-refractivity contribution is 5.78. The second-order valence-electron chi connectivity index (χ2n) is 8.36. The Morgan fingerprint density at radius 2 is 1.97 bits per heavy atom. The zero-order valence-electron chi connectivity index (χ0n) is 19.3. The van der Waals surface area contributed by atoms with Gasteiger partial charge in [0.05, 0.1) is 13.0 Å². The van der Waals surface area contributed by atoms with Crippen molar-refractivity contribution in [1.29, 1.82) is 0 Å². The third kappa shape index (κ3) is 6.60. The van der Waals surface area contributed by atoms with Gasteiger partial charge < -0.3 is 24.5 Å². The van der Waals surface area contributed by atoms with E-state index in [4.69, 9.17) is 9.15 Å². The van der Waals surface area contributed by atoms with Gasteiger partial charge in [-0.2, -0.15) is 0 Å². The fraction of sp³-hybridized carbons (Fsp3) is 0.480. The Labute approximate surface area is 193 Å². The lowest BCUT2D eigenvalue weighted by Crippen LogP contribution is -2.34. The predicted octanol–water partition coefficient (Wildman–Crippen LogP) is 3.09. The Hall–Kier alpha value is -3.29. The number of nitrogens with one attached hydrogen (secondary N) is 1. The summed E-state index contributed by atoms with van der Waals surface area (Å²) in [6.07, 6.45) is 4.30. The van der Waals surface area contributed by atoms with Crippen molar-refractivity contribution in [3.8, 4) is 11.5 Å². The first-order chi connectivity index (χ1) is 15.9. The van der Waals surface area contributed by atoms with Gasteiger partial charge in [0.15, 0.2) is 5.76 Å². The zero-order valence-corrected chi connectivity index (χ0v) is 19.3. The molecule has 0 radical (unpaired) electrons. The van der Waals surface area contributed by atoms with E-state index in [1.165, 1.54) is 6.07 Å². The van der Waals surface area contributed by atoms with Crippen LogP contribution in [0.1, 0.15) is 61.5 Å². The van der Waals surface area contributed by atoms with E-state index >= 15 is 0 Å². The van der Waals surface area contributed by atoms with Gasteiger partial charge in [0.1, 0.15) is 11.5 Å². The molecular formula is C25H32N2O6. The molecule has 1 aromatic heterocycles. The normalized spacial score (nSPS) is 15.1. The van der Waals surface area contributed by atoms with Crippen molar-refractivity contribution in [3.05, 3.63) is 57.6 Å². The van der Waals surface area contributed by atoms with Crippen LogP contribution in [0, 0.1) is 6.92 Å². The average Bonchev–Trinajstić information content (AvgIpc) is 3.01. The van der Waals surface area contributed by atoms with Crippen molar-refractivity contribution in [1.82, 2.24) is 10.2 Å². The van der Waals surface area contributed by atoms with Crippen molar-refractivity contribution in [2.75, 3.05) is 26.7 Å². The molecule has 1 atom stereocenters. The van der Waals surface area contributed by atoms with Crippen molar-refractivity contribution in [3.63, 3.8) is 0 Å². The monoisotopic (exact) mass is 456 g/mol. The molecule has 8 heteroatoms. The molecule has 1 aliphatic rings. The minimum atomic E-state index is -0.643. The highest BCUT2D eigenvalue weighted by atomic mass is 16.5. The molecule has 3 rings (SSSR count). The Kier molecular flexibility index (Phi) is 8.52. The first-order valence-electron chi connectivity index (χ1n) is 11.4. The quantitative estimate of drug-likeness (QED) is 0.561. The van der Waals surface area contributed by atoms with Crippen LogP contribution in [-0.4, -0.2) is 48.6 Å². The molecule has 2 aromatic rings. The highest BCUT2D eigenvalue weighted by Gasteiger charge is 2.26. The van der Waals surface area contributed by atoms with Crippen LogP contribution in [0.2, 0.25) is 0 Å². The van der Waals surface area contributed by atoms with E-state index in [0.717, 1.165) is 25.8 Å².